The molecule has 1 aliphatic rings. The fraction of sp³-hybridized carbons (Fsp3) is 0.176. The first-order valence-corrected chi connectivity index (χ1v) is 15.7. The number of benzene rings is 4. The minimum Gasteiger partial charge on any atom is -0.507 e. The minimum absolute atomic E-state index is 0.00906. The van der Waals surface area contributed by atoms with E-state index in [1.165, 1.54) is 47.2 Å². The van der Waals surface area contributed by atoms with Crippen LogP contribution < -0.4 is 9.64 Å². The fourth-order valence-corrected chi connectivity index (χ4v) is 7.17. The van der Waals surface area contributed by atoms with Gasteiger partial charge >= 0.3 is 5.91 Å². The van der Waals surface area contributed by atoms with Crippen molar-refractivity contribution in [3.05, 3.63) is 119 Å². The van der Waals surface area contributed by atoms with E-state index < -0.39 is 29.3 Å². The van der Waals surface area contributed by atoms with Crippen molar-refractivity contribution in [1.82, 2.24) is 10.2 Å². The van der Waals surface area contributed by atoms with Crippen LogP contribution in [-0.2, 0) is 15.3 Å². The van der Waals surface area contributed by atoms with Crippen LogP contribution in [0.25, 0.3) is 16.5 Å². The van der Waals surface area contributed by atoms with Gasteiger partial charge in [-0.3, -0.25) is 14.5 Å². The molecule has 4 aromatic carbocycles. The highest BCUT2D eigenvalue weighted by atomic mass is 32.2. The van der Waals surface area contributed by atoms with E-state index in [1.54, 1.807) is 0 Å². The Morgan fingerprint density at radius 3 is 2.50 bits per heavy atom. The molecule has 0 saturated carbocycles. The van der Waals surface area contributed by atoms with E-state index in [0.29, 0.717) is 15.7 Å². The quantitative estimate of drug-likeness (QED) is 0.0617. The molecule has 1 saturated heterocycles. The van der Waals surface area contributed by atoms with Crippen LogP contribution in [0.15, 0.2) is 94.8 Å². The van der Waals surface area contributed by atoms with Gasteiger partial charge in [0.15, 0.2) is 15.9 Å². The second-order valence-corrected chi connectivity index (χ2v) is 12.8. The lowest BCUT2D eigenvalue weighted by Crippen LogP contribution is -2.29. The van der Waals surface area contributed by atoms with Gasteiger partial charge in [0, 0.05) is 11.3 Å². The third kappa shape index (κ3) is 5.46. The van der Waals surface area contributed by atoms with Gasteiger partial charge in [-0.1, -0.05) is 104 Å². The molecule has 1 N–H and O–H groups in total. The summed E-state index contributed by atoms with van der Waals surface area (Å²) in [5, 5.41) is 22.5. The summed E-state index contributed by atoms with van der Waals surface area (Å²) < 4.78 is 20.2. The molecule has 222 valence electrons. The summed E-state index contributed by atoms with van der Waals surface area (Å²) in [7, 11) is 1.33. The van der Waals surface area contributed by atoms with E-state index >= 15 is 0 Å². The number of thioether (sulfide) groups is 1. The van der Waals surface area contributed by atoms with Crippen molar-refractivity contribution in [3.8, 4) is 5.75 Å². The molecule has 1 aromatic heterocycles. The van der Waals surface area contributed by atoms with Gasteiger partial charge in [0.2, 0.25) is 5.13 Å². The number of hydrogen-bond acceptors (Lipinski definition) is 8. The van der Waals surface area contributed by atoms with Gasteiger partial charge in [-0.25, -0.2) is 4.39 Å². The standard InChI is InChI=1S/C34H28FN3O4S2/c1-19(2)20-11-13-22(14-12-20)29-28(30(39)23-15-16-27(42-3)26(35)17-23)31(40)32(41)38(29)33-36-37-34(44-33)43-18-24-9-6-8-21-7-4-5-10-25(21)24/h4-17,19,29,39H,18H2,1-3H3/t29-/m1/s1. The Kier molecular flexibility index (Phi) is 8.20. The van der Waals surface area contributed by atoms with E-state index in [1.807, 2.05) is 42.5 Å². The average Bonchev–Trinajstić information content (AvgIpc) is 3.61. The molecular formula is C34H28FN3O4S2. The van der Waals surface area contributed by atoms with E-state index in [4.69, 9.17) is 4.74 Å². The van der Waals surface area contributed by atoms with Gasteiger partial charge in [-0.2, -0.15) is 0 Å². The topological polar surface area (TPSA) is 92.6 Å². The third-order valence-corrected chi connectivity index (χ3v) is 9.73. The normalized spacial score (nSPS) is 16.3. The van der Waals surface area contributed by atoms with Crippen LogP contribution >= 0.6 is 23.1 Å². The number of nitrogens with zero attached hydrogens (tertiary/aromatic N) is 3. The maximum Gasteiger partial charge on any atom is 0.301 e. The molecule has 6 rings (SSSR count). The Morgan fingerprint density at radius 2 is 1.77 bits per heavy atom. The molecule has 1 aliphatic heterocycles. The van der Waals surface area contributed by atoms with Gasteiger partial charge < -0.3 is 9.84 Å². The Balaban J connectivity index is 1.38. The molecule has 0 unspecified atom stereocenters. The molecule has 0 radical (unpaired) electrons. The van der Waals surface area contributed by atoms with Crippen LogP contribution in [0.5, 0.6) is 5.75 Å². The molecule has 1 amide bonds. The fourth-order valence-electron chi connectivity index (χ4n) is 5.29. The molecule has 1 fully saturated rings. The first kappa shape index (κ1) is 29.5. The number of amides is 1. The number of hydrogen-bond donors (Lipinski definition) is 1. The van der Waals surface area contributed by atoms with Gasteiger partial charge in [0.1, 0.15) is 5.76 Å². The predicted octanol–water partition coefficient (Wildman–Crippen LogP) is 7.88. The number of anilines is 1. The minimum atomic E-state index is -0.995. The third-order valence-electron chi connectivity index (χ3n) is 7.62. The summed E-state index contributed by atoms with van der Waals surface area (Å²) in [5.74, 6) is -2.04. The lowest BCUT2D eigenvalue weighted by atomic mass is 9.93. The molecule has 0 aliphatic carbocycles. The first-order valence-electron chi connectivity index (χ1n) is 13.9. The van der Waals surface area contributed by atoms with Crippen LogP contribution in [0, 0.1) is 5.82 Å². The Morgan fingerprint density at radius 1 is 1.02 bits per heavy atom. The summed E-state index contributed by atoms with van der Waals surface area (Å²) >= 11 is 2.69. The van der Waals surface area contributed by atoms with Gasteiger partial charge in [-0.15, -0.1) is 10.2 Å². The van der Waals surface area contributed by atoms with Crippen molar-refractivity contribution in [2.45, 2.75) is 35.9 Å². The van der Waals surface area contributed by atoms with Crippen LogP contribution in [-0.4, -0.2) is 34.1 Å². The maximum absolute atomic E-state index is 14.6. The number of aliphatic hydroxyl groups excluding tert-OH is 1. The van der Waals surface area contributed by atoms with E-state index in [9.17, 15) is 19.1 Å². The molecule has 5 aromatic rings. The number of ketones is 1. The zero-order valence-corrected chi connectivity index (χ0v) is 25.8. The number of aliphatic hydroxyl groups is 1. The maximum atomic E-state index is 14.6. The highest BCUT2D eigenvalue weighted by Gasteiger charge is 2.48. The molecule has 0 spiro atoms. The Hall–Kier alpha value is -4.54. The summed E-state index contributed by atoms with van der Waals surface area (Å²) in [6.07, 6.45) is 0. The number of carbonyl (C=O) groups is 2. The molecular weight excluding hydrogens is 598 g/mol. The highest BCUT2D eigenvalue weighted by molar-refractivity contribution is 8.00. The summed E-state index contributed by atoms with van der Waals surface area (Å²) in [4.78, 5) is 28.4. The second-order valence-electron chi connectivity index (χ2n) is 10.6. The van der Waals surface area contributed by atoms with Crippen molar-refractivity contribution in [3.63, 3.8) is 0 Å². The van der Waals surface area contributed by atoms with Crippen molar-refractivity contribution in [1.29, 1.82) is 0 Å². The molecule has 1 atom stereocenters. The summed E-state index contributed by atoms with van der Waals surface area (Å²) in [5.41, 5.74) is 2.71. The second kappa shape index (κ2) is 12.2. The van der Waals surface area contributed by atoms with E-state index in [0.717, 1.165) is 28.0 Å². The number of ether oxygens (including phenoxy) is 1. The zero-order valence-electron chi connectivity index (χ0n) is 24.2. The highest BCUT2D eigenvalue weighted by Crippen LogP contribution is 2.44. The van der Waals surface area contributed by atoms with Crippen LogP contribution in [0.4, 0.5) is 9.52 Å². The van der Waals surface area contributed by atoms with Crippen LogP contribution in [0.1, 0.15) is 48.1 Å². The van der Waals surface area contributed by atoms with Crippen LogP contribution in [0.2, 0.25) is 0 Å². The number of rotatable bonds is 8. The molecule has 2 heterocycles. The average molecular weight is 626 g/mol. The number of methoxy groups -OCH3 is 1. The number of fused-ring (bicyclic) bond motifs is 1. The van der Waals surface area contributed by atoms with E-state index in [2.05, 4.69) is 48.3 Å². The van der Waals surface area contributed by atoms with Gasteiger partial charge in [-0.05, 0) is 51.6 Å². The number of aromatic nitrogens is 2. The van der Waals surface area contributed by atoms with Crippen LogP contribution in [0.3, 0.4) is 0 Å². The number of halogens is 1. The molecule has 0 bridgehead atoms. The van der Waals surface area contributed by atoms with Crippen molar-refractivity contribution in [2.24, 2.45) is 0 Å². The van der Waals surface area contributed by atoms with Crippen molar-refractivity contribution >= 4 is 56.5 Å². The molecule has 7 nitrogen and oxygen atoms in total. The Labute approximate surface area is 262 Å². The number of Topliss-reactive ketones (excluding diaryl/α,β-unsaturated/α-hetero) is 1. The monoisotopic (exact) mass is 625 g/mol. The summed E-state index contributed by atoms with van der Waals surface area (Å²) in [6, 6.07) is 24.7. The predicted molar refractivity (Wildman–Crippen MR) is 172 cm³/mol. The zero-order chi connectivity index (χ0) is 31.0. The number of carbonyl (C=O) groups excluding carboxylic acids is 2. The molecule has 44 heavy (non-hydrogen) atoms. The first-order chi connectivity index (χ1) is 21.3. The summed E-state index contributed by atoms with van der Waals surface area (Å²) in [6.45, 7) is 4.13. The van der Waals surface area contributed by atoms with Gasteiger partial charge in [0.05, 0.1) is 18.7 Å². The van der Waals surface area contributed by atoms with Crippen molar-refractivity contribution in [2.75, 3.05) is 12.0 Å². The molecule has 10 heteroatoms. The smallest absolute Gasteiger partial charge is 0.301 e. The lowest BCUT2D eigenvalue weighted by molar-refractivity contribution is -0.132. The largest absolute Gasteiger partial charge is 0.507 e. The lowest BCUT2D eigenvalue weighted by Gasteiger charge is -2.23. The van der Waals surface area contributed by atoms with Gasteiger partial charge in [0.25, 0.3) is 5.78 Å². The SMILES string of the molecule is COc1ccc(C(O)=C2C(=O)C(=O)N(c3nnc(SCc4cccc5ccccc45)s3)[C@@H]2c2ccc(C(C)C)cc2)cc1F. The Bertz CT molecular complexity index is 1910. The van der Waals surface area contributed by atoms with E-state index in [-0.39, 0.29) is 27.9 Å². The van der Waals surface area contributed by atoms with Crippen molar-refractivity contribution < 1.29 is 23.8 Å².